The predicted molar refractivity (Wildman–Crippen MR) is 81.9 cm³/mol. The summed E-state index contributed by atoms with van der Waals surface area (Å²) in [5.74, 6) is 1.37. The van der Waals surface area contributed by atoms with Gasteiger partial charge in [-0.2, -0.15) is 5.10 Å². The van der Waals surface area contributed by atoms with E-state index in [4.69, 9.17) is 9.47 Å². The van der Waals surface area contributed by atoms with E-state index in [0.717, 1.165) is 11.3 Å². The molecule has 0 aliphatic rings. The van der Waals surface area contributed by atoms with E-state index in [9.17, 15) is 4.79 Å². The zero-order valence-electron chi connectivity index (χ0n) is 12.8. The molecule has 22 heavy (non-hydrogen) atoms. The van der Waals surface area contributed by atoms with E-state index in [1.165, 1.54) is 0 Å². The van der Waals surface area contributed by atoms with Crippen molar-refractivity contribution in [2.24, 2.45) is 0 Å². The van der Waals surface area contributed by atoms with Gasteiger partial charge in [-0.05, 0) is 25.1 Å². The van der Waals surface area contributed by atoms with Crippen LogP contribution in [-0.4, -0.2) is 30.4 Å². The molecule has 1 aromatic carbocycles. The normalized spacial score (nSPS) is 11.6. The van der Waals surface area contributed by atoms with Gasteiger partial charge in [0.2, 0.25) is 0 Å². The molecule has 7 heteroatoms. The molecule has 0 aliphatic heterocycles. The highest BCUT2D eigenvalue weighted by Gasteiger charge is 2.14. The van der Waals surface area contributed by atoms with Crippen molar-refractivity contribution in [3.05, 3.63) is 41.7 Å². The fourth-order valence-corrected chi connectivity index (χ4v) is 2.06. The second-order valence-corrected chi connectivity index (χ2v) is 4.74. The summed E-state index contributed by atoms with van der Waals surface area (Å²) in [7, 11) is 3.18. The molecule has 0 bridgehead atoms. The van der Waals surface area contributed by atoms with Crippen LogP contribution < -0.4 is 20.1 Å². The number of urea groups is 1. The van der Waals surface area contributed by atoms with Gasteiger partial charge < -0.3 is 20.1 Å². The molecule has 1 heterocycles. The molecular formula is C15H20N4O3. The lowest BCUT2D eigenvalue weighted by atomic mass is 10.1. The van der Waals surface area contributed by atoms with Crippen molar-refractivity contribution >= 4 is 6.03 Å². The van der Waals surface area contributed by atoms with Crippen LogP contribution in [0, 0.1) is 0 Å². The van der Waals surface area contributed by atoms with Crippen molar-refractivity contribution in [2.75, 3.05) is 14.2 Å². The number of ether oxygens (including phenoxy) is 2. The van der Waals surface area contributed by atoms with Gasteiger partial charge in [0.25, 0.3) is 0 Å². The average Bonchev–Trinajstić information content (AvgIpc) is 3.05. The van der Waals surface area contributed by atoms with Gasteiger partial charge in [0.15, 0.2) is 0 Å². The number of rotatable bonds is 6. The lowest BCUT2D eigenvalue weighted by Crippen LogP contribution is -2.36. The molecular weight excluding hydrogens is 284 g/mol. The van der Waals surface area contributed by atoms with Crippen molar-refractivity contribution in [1.82, 2.24) is 20.8 Å². The third-order valence-corrected chi connectivity index (χ3v) is 3.25. The summed E-state index contributed by atoms with van der Waals surface area (Å²) in [4.78, 5) is 11.9. The van der Waals surface area contributed by atoms with Crippen LogP contribution in [0.3, 0.4) is 0 Å². The Morgan fingerprint density at radius 3 is 2.77 bits per heavy atom. The maximum absolute atomic E-state index is 11.9. The molecule has 118 valence electrons. The first-order valence-corrected chi connectivity index (χ1v) is 6.88. The number of carbonyl (C=O) groups is 1. The summed E-state index contributed by atoms with van der Waals surface area (Å²) >= 11 is 0. The van der Waals surface area contributed by atoms with E-state index < -0.39 is 0 Å². The number of benzene rings is 1. The van der Waals surface area contributed by atoms with E-state index in [1.807, 2.05) is 19.1 Å². The van der Waals surface area contributed by atoms with Crippen LogP contribution in [0.5, 0.6) is 11.5 Å². The Labute approximate surface area is 129 Å². The van der Waals surface area contributed by atoms with E-state index in [1.54, 1.807) is 32.5 Å². The molecule has 0 radical (unpaired) electrons. The number of aromatic amines is 1. The number of hydrogen-bond donors (Lipinski definition) is 3. The van der Waals surface area contributed by atoms with E-state index >= 15 is 0 Å². The van der Waals surface area contributed by atoms with Crippen molar-refractivity contribution in [3.63, 3.8) is 0 Å². The first kappa shape index (κ1) is 15.7. The number of nitrogens with one attached hydrogen (secondary N) is 3. The van der Waals surface area contributed by atoms with Crippen molar-refractivity contribution in [3.8, 4) is 11.5 Å². The van der Waals surface area contributed by atoms with Gasteiger partial charge in [-0.1, -0.05) is 0 Å². The minimum atomic E-state index is -0.264. The highest BCUT2D eigenvalue weighted by Crippen LogP contribution is 2.29. The zero-order chi connectivity index (χ0) is 15.9. The van der Waals surface area contributed by atoms with Crippen LogP contribution in [0.15, 0.2) is 30.5 Å². The number of aromatic nitrogens is 2. The lowest BCUT2D eigenvalue weighted by molar-refractivity contribution is 0.237. The number of hydrogen-bond acceptors (Lipinski definition) is 4. The number of carbonyl (C=O) groups excluding carboxylic acids is 1. The molecule has 2 rings (SSSR count). The molecule has 0 aliphatic carbocycles. The second-order valence-electron chi connectivity index (χ2n) is 4.74. The Morgan fingerprint density at radius 1 is 1.32 bits per heavy atom. The number of amides is 2. The van der Waals surface area contributed by atoms with Crippen molar-refractivity contribution in [2.45, 2.75) is 19.5 Å². The minimum Gasteiger partial charge on any atom is -0.497 e. The quantitative estimate of drug-likeness (QED) is 0.761. The average molecular weight is 304 g/mol. The Kier molecular flexibility index (Phi) is 5.24. The monoisotopic (exact) mass is 304 g/mol. The second kappa shape index (κ2) is 7.35. The van der Waals surface area contributed by atoms with Gasteiger partial charge in [-0.15, -0.1) is 0 Å². The fourth-order valence-electron chi connectivity index (χ4n) is 2.06. The summed E-state index contributed by atoms with van der Waals surface area (Å²) in [5, 5.41) is 12.2. The summed E-state index contributed by atoms with van der Waals surface area (Å²) in [6.45, 7) is 2.28. The molecule has 0 spiro atoms. The van der Waals surface area contributed by atoms with Gasteiger partial charge in [0.1, 0.15) is 11.5 Å². The van der Waals surface area contributed by atoms with Crippen molar-refractivity contribution < 1.29 is 14.3 Å². The molecule has 0 saturated heterocycles. The SMILES string of the molecule is COc1ccc(C(C)NC(=O)NCc2ccn[nH]2)c(OC)c1. The van der Waals surface area contributed by atoms with E-state index in [-0.39, 0.29) is 12.1 Å². The van der Waals surface area contributed by atoms with Gasteiger partial charge in [0, 0.05) is 17.8 Å². The predicted octanol–water partition coefficient (Wildman–Crippen LogP) is 1.99. The minimum absolute atomic E-state index is 0.206. The van der Waals surface area contributed by atoms with Gasteiger partial charge in [-0.25, -0.2) is 4.79 Å². The van der Waals surface area contributed by atoms with Crippen LogP contribution in [0.1, 0.15) is 24.2 Å². The molecule has 1 unspecified atom stereocenters. The molecule has 0 saturated carbocycles. The first-order valence-electron chi connectivity index (χ1n) is 6.88. The maximum Gasteiger partial charge on any atom is 0.315 e. The van der Waals surface area contributed by atoms with Crippen LogP contribution >= 0.6 is 0 Å². The Balaban J connectivity index is 1.96. The molecule has 1 atom stereocenters. The summed E-state index contributed by atoms with van der Waals surface area (Å²) in [6, 6.07) is 6.82. The summed E-state index contributed by atoms with van der Waals surface area (Å²) < 4.78 is 10.5. The standard InChI is InChI=1S/C15H20N4O3/c1-10(13-5-4-12(21-2)8-14(13)22-3)18-15(20)16-9-11-6-7-17-19-11/h4-8,10H,9H2,1-3H3,(H,17,19)(H2,16,18,20). The summed E-state index contributed by atoms with van der Waals surface area (Å²) in [6.07, 6.45) is 1.64. The zero-order valence-corrected chi connectivity index (χ0v) is 12.8. The molecule has 3 N–H and O–H groups in total. The third kappa shape index (κ3) is 3.91. The molecule has 2 amide bonds. The highest BCUT2D eigenvalue weighted by molar-refractivity contribution is 5.74. The molecule has 1 aromatic heterocycles. The highest BCUT2D eigenvalue weighted by atomic mass is 16.5. The number of methoxy groups -OCH3 is 2. The lowest BCUT2D eigenvalue weighted by Gasteiger charge is -2.18. The van der Waals surface area contributed by atoms with Crippen molar-refractivity contribution in [1.29, 1.82) is 0 Å². The number of H-pyrrole nitrogens is 1. The van der Waals surface area contributed by atoms with E-state index in [2.05, 4.69) is 20.8 Å². The molecule has 7 nitrogen and oxygen atoms in total. The topological polar surface area (TPSA) is 88.3 Å². The Hall–Kier alpha value is -2.70. The van der Waals surface area contributed by atoms with Gasteiger partial charge >= 0.3 is 6.03 Å². The van der Waals surface area contributed by atoms with Crippen LogP contribution in [0.2, 0.25) is 0 Å². The maximum atomic E-state index is 11.9. The molecule has 2 aromatic rings. The van der Waals surface area contributed by atoms with Gasteiger partial charge in [-0.3, -0.25) is 5.10 Å². The van der Waals surface area contributed by atoms with E-state index in [0.29, 0.717) is 18.0 Å². The summed E-state index contributed by atoms with van der Waals surface area (Å²) in [5.41, 5.74) is 1.71. The smallest absolute Gasteiger partial charge is 0.315 e. The van der Waals surface area contributed by atoms with Crippen LogP contribution in [0.25, 0.3) is 0 Å². The fraction of sp³-hybridized carbons (Fsp3) is 0.333. The van der Waals surface area contributed by atoms with Crippen LogP contribution in [-0.2, 0) is 6.54 Å². The van der Waals surface area contributed by atoms with Gasteiger partial charge in [0.05, 0.1) is 32.5 Å². The van der Waals surface area contributed by atoms with Crippen LogP contribution in [0.4, 0.5) is 4.79 Å². The number of nitrogens with zero attached hydrogens (tertiary/aromatic N) is 1. The third-order valence-electron chi connectivity index (χ3n) is 3.25. The Bertz CT molecular complexity index is 613. The molecule has 0 fully saturated rings. The largest absolute Gasteiger partial charge is 0.497 e. The first-order chi connectivity index (χ1) is 10.6. The Morgan fingerprint density at radius 2 is 2.14 bits per heavy atom.